The summed E-state index contributed by atoms with van der Waals surface area (Å²) in [5.74, 6) is 0.00285. The molecule has 6 heteroatoms. The quantitative estimate of drug-likeness (QED) is 0.279. The smallest absolute Gasteiger partial charge is 0.193 e. The number of carbonyl (C=O) groups is 1. The zero-order valence-corrected chi connectivity index (χ0v) is 16.3. The number of rotatable bonds is 5. The first kappa shape index (κ1) is 18.0. The highest BCUT2D eigenvalue weighted by Crippen LogP contribution is 2.36. The lowest BCUT2D eigenvalue weighted by Crippen LogP contribution is -2.01. The molecule has 3 nitrogen and oxygen atoms in total. The Kier molecular flexibility index (Phi) is 5.12. The molecule has 0 atom stereocenters. The second kappa shape index (κ2) is 7.69. The van der Waals surface area contributed by atoms with Gasteiger partial charge in [-0.25, -0.2) is 0 Å². The summed E-state index contributed by atoms with van der Waals surface area (Å²) in [6.45, 7) is 0. The molecule has 0 aliphatic rings. The van der Waals surface area contributed by atoms with E-state index >= 15 is 0 Å². The Morgan fingerprint density at radius 3 is 2.48 bits per heavy atom. The number of hydrogen-bond donors (Lipinski definition) is 2. The molecule has 1 heterocycles. The van der Waals surface area contributed by atoms with Crippen molar-refractivity contribution in [2.45, 2.75) is 4.90 Å². The molecule has 4 rings (SSSR count). The maximum absolute atomic E-state index is 12.6. The normalized spacial score (nSPS) is 10.9. The van der Waals surface area contributed by atoms with Crippen LogP contribution in [0.5, 0.6) is 0 Å². The summed E-state index contributed by atoms with van der Waals surface area (Å²) in [6.07, 6.45) is 1.72. The van der Waals surface area contributed by atoms with E-state index in [9.17, 15) is 4.79 Å². The molecule has 3 aromatic carbocycles. The van der Waals surface area contributed by atoms with Crippen LogP contribution in [-0.2, 0) is 0 Å². The first-order valence-electron chi connectivity index (χ1n) is 8.21. The van der Waals surface area contributed by atoms with Gasteiger partial charge in [0.2, 0.25) is 0 Å². The van der Waals surface area contributed by atoms with E-state index in [-0.39, 0.29) is 5.78 Å². The van der Waals surface area contributed by atoms with E-state index < -0.39 is 0 Å². The number of fused-ring (bicyclic) bond motifs is 1. The van der Waals surface area contributed by atoms with Gasteiger partial charge >= 0.3 is 0 Å². The van der Waals surface area contributed by atoms with Gasteiger partial charge in [0.05, 0.1) is 21.2 Å². The van der Waals surface area contributed by atoms with Crippen LogP contribution in [0.2, 0.25) is 10.0 Å². The molecular formula is C21H14Cl2N2OS. The molecule has 2 N–H and O–H groups in total. The Morgan fingerprint density at radius 2 is 1.67 bits per heavy atom. The molecule has 0 radical (unpaired) electrons. The van der Waals surface area contributed by atoms with Crippen LogP contribution < -0.4 is 4.72 Å². The van der Waals surface area contributed by atoms with Crippen LogP contribution in [0.3, 0.4) is 0 Å². The number of halogens is 2. The predicted molar refractivity (Wildman–Crippen MR) is 114 cm³/mol. The van der Waals surface area contributed by atoms with E-state index in [2.05, 4.69) is 9.71 Å². The van der Waals surface area contributed by atoms with Crippen molar-refractivity contribution in [3.8, 4) is 0 Å². The minimum atomic E-state index is 0.00285. The van der Waals surface area contributed by atoms with Gasteiger partial charge in [0.1, 0.15) is 0 Å². The van der Waals surface area contributed by atoms with E-state index in [0.717, 1.165) is 21.5 Å². The molecule has 1 aromatic heterocycles. The van der Waals surface area contributed by atoms with Crippen molar-refractivity contribution < 1.29 is 4.79 Å². The molecular weight excluding hydrogens is 399 g/mol. The maximum Gasteiger partial charge on any atom is 0.193 e. The lowest BCUT2D eigenvalue weighted by atomic mass is 10.0. The van der Waals surface area contributed by atoms with Gasteiger partial charge in [0.25, 0.3) is 0 Å². The summed E-state index contributed by atoms with van der Waals surface area (Å²) < 4.78 is 3.31. The molecule has 4 aromatic rings. The van der Waals surface area contributed by atoms with Crippen molar-refractivity contribution >= 4 is 57.5 Å². The van der Waals surface area contributed by atoms with Gasteiger partial charge in [0.15, 0.2) is 5.78 Å². The van der Waals surface area contributed by atoms with Crippen molar-refractivity contribution in [1.82, 2.24) is 4.98 Å². The third-order valence-corrected chi connectivity index (χ3v) is 5.57. The van der Waals surface area contributed by atoms with Gasteiger partial charge in [-0.15, -0.1) is 0 Å². The molecule has 27 heavy (non-hydrogen) atoms. The number of carbonyl (C=O) groups excluding carboxylic acids is 1. The fraction of sp³-hybridized carbons (Fsp3) is 0. The van der Waals surface area contributed by atoms with Crippen molar-refractivity contribution in [3.05, 3.63) is 94.1 Å². The number of nitrogens with one attached hydrogen (secondary N) is 2. The number of ketones is 1. The number of H-pyrrole nitrogens is 1. The number of aromatic amines is 1. The van der Waals surface area contributed by atoms with Gasteiger partial charge in [0, 0.05) is 27.6 Å². The van der Waals surface area contributed by atoms with Gasteiger partial charge in [-0.1, -0.05) is 65.7 Å². The van der Waals surface area contributed by atoms with Gasteiger partial charge < -0.3 is 9.71 Å². The standard InChI is InChI=1S/C21H14Cl2N2OS/c22-16-9-10-18(20-19(16)17(23)12-24-20)25-27-15-8-4-7-14(11-15)21(26)13-5-2-1-3-6-13/h1-12,24-25H. The van der Waals surface area contributed by atoms with Gasteiger partial charge in [-0.05, 0) is 36.2 Å². The largest absolute Gasteiger partial charge is 0.358 e. The highest BCUT2D eigenvalue weighted by Gasteiger charge is 2.12. The Bertz CT molecular complexity index is 1130. The predicted octanol–water partition coefficient (Wildman–Crippen LogP) is 6.82. The van der Waals surface area contributed by atoms with Gasteiger partial charge in [-0.3, -0.25) is 4.79 Å². The van der Waals surface area contributed by atoms with Crippen LogP contribution >= 0.6 is 35.1 Å². The van der Waals surface area contributed by atoms with Crippen molar-refractivity contribution in [2.75, 3.05) is 4.72 Å². The summed E-state index contributed by atoms with van der Waals surface area (Å²) >= 11 is 13.8. The third kappa shape index (κ3) is 3.69. The van der Waals surface area contributed by atoms with Crippen molar-refractivity contribution in [3.63, 3.8) is 0 Å². The Hall–Kier alpha value is -2.40. The fourth-order valence-corrected chi connectivity index (χ4v) is 4.11. The second-order valence-corrected chi connectivity index (χ2v) is 7.60. The van der Waals surface area contributed by atoms with E-state index in [0.29, 0.717) is 21.2 Å². The number of benzene rings is 3. The molecule has 0 saturated carbocycles. The van der Waals surface area contributed by atoms with Gasteiger partial charge in [-0.2, -0.15) is 0 Å². The summed E-state index contributed by atoms with van der Waals surface area (Å²) in [4.78, 5) is 16.7. The van der Waals surface area contributed by atoms with Crippen LogP contribution in [0.4, 0.5) is 5.69 Å². The average molecular weight is 413 g/mol. The van der Waals surface area contributed by atoms with Crippen molar-refractivity contribution in [2.24, 2.45) is 0 Å². The Balaban J connectivity index is 1.56. The summed E-state index contributed by atoms with van der Waals surface area (Å²) in [7, 11) is 0. The first-order chi connectivity index (χ1) is 13.1. The highest BCUT2D eigenvalue weighted by molar-refractivity contribution is 8.00. The topological polar surface area (TPSA) is 44.9 Å². The average Bonchev–Trinajstić information content (AvgIpc) is 3.10. The molecule has 0 bridgehead atoms. The zero-order chi connectivity index (χ0) is 18.8. The Labute approximate surface area is 170 Å². The molecule has 0 saturated heterocycles. The zero-order valence-electron chi connectivity index (χ0n) is 14.0. The first-order valence-corrected chi connectivity index (χ1v) is 9.78. The monoisotopic (exact) mass is 412 g/mol. The van der Waals surface area contributed by atoms with E-state index in [1.54, 1.807) is 6.20 Å². The molecule has 0 unspecified atom stereocenters. The molecule has 0 fully saturated rings. The summed E-state index contributed by atoms with van der Waals surface area (Å²) in [5.41, 5.74) is 3.04. The number of aromatic nitrogens is 1. The molecule has 0 aliphatic heterocycles. The number of hydrogen-bond acceptors (Lipinski definition) is 3. The van der Waals surface area contributed by atoms with Crippen LogP contribution in [0.1, 0.15) is 15.9 Å². The molecule has 0 spiro atoms. The molecule has 0 aliphatic carbocycles. The van der Waals surface area contributed by atoms with Crippen LogP contribution in [0.25, 0.3) is 10.9 Å². The second-order valence-electron chi connectivity index (χ2n) is 5.91. The van der Waals surface area contributed by atoms with E-state index in [1.807, 2.05) is 66.7 Å². The summed E-state index contributed by atoms with van der Waals surface area (Å²) in [6, 6.07) is 20.5. The SMILES string of the molecule is O=C(c1ccccc1)c1cccc(SNc2ccc(Cl)c3c(Cl)c[nH]c23)c1. The van der Waals surface area contributed by atoms with Crippen LogP contribution in [0, 0.1) is 0 Å². The lowest BCUT2D eigenvalue weighted by Gasteiger charge is -2.09. The van der Waals surface area contributed by atoms with E-state index in [1.165, 1.54) is 11.9 Å². The fourth-order valence-electron chi connectivity index (χ4n) is 2.82. The number of anilines is 1. The Morgan fingerprint density at radius 1 is 0.889 bits per heavy atom. The minimum Gasteiger partial charge on any atom is -0.358 e. The molecule has 134 valence electrons. The minimum absolute atomic E-state index is 0.00285. The lowest BCUT2D eigenvalue weighted by molar-refractivity contribution is 0.103. The van der Waals surface area contributed by atoms with Crippen molar-refractivity contribution in [1.29, 1.82) is 0 Å². The van der Waals surface area contributed by atoms with E-state index in [4.69, 9.17) is 23.2 Å². The molecule has 0 amide bonds. The maximum atomic E-state index is 12.6. The summed E-state index contributed by atoms with van der Waals surface area (Å²) in [5, 5.41) is 1.97. The third-order valence-electron chi connectivity index (χ3n) is 4.15. The van der Waals surface area contributed by atoms with Crippen LogP contribution in [-0.4, -0.2) is 10.8 Å². The highest BCUT2D eigenvalue weighted by atomic mass is 35.5. The van der Waals surface area contributed by atoms with Crippen LogP contribution in [0.15, 0.2) is 77.8 Å².